The van der Waals surface area contributed by atoms with Crippen molar-refractivity contribution in [3.8, 4) is 5.75 Å². The highest BCUT2D eigenvalue weighted by Gasteiger charge is 2.19. The van der Waals surface area contributed by atoms with Gasteiger partial charge in [0.15, 0.2) is 0 Å². The molecule has 3 heteroatoms. The van der Waals surface area contributed by atoms with Crippen LogP contribution < -0.4 is 0 Å². The van der Waals surface area contributed by atoms with E-state index in [-0.39, 0.29) is 24.2 Å². The number of carbonyl (C=O) groups excluding carboxylic acids is 1. The SMILES string of the molecule is CCCCCCC(CCCCCC)C(=O)OCc1ccccc1O. The zero-order valence-corrected chi connectivity index (χ0v) is 15.4. The van der Waals surface area contributed by atoms with Crippen LogP contribution in [0.2, 0.25) is 0 Å². The highest BCUT2D eigenvalue weighted by molar-refractivity contribution is 5.72. The highest BCUT2D eigenvalue weighted by atomic mass is 16.5. The molecule has 1 N–H and O–H groups in total. The van der Waals surface area contributed by atoms with Gasteiger partial charge in [0.05, 0.1) is 5.92 Å². The van der Waals surface area contributed by atoms with E-state index in [1.54, 1.807) is 18.2 Å². The fourth-order valence-electron chi connectivity index (χ4n) is 2.91. The van der Waals surface area contributed by atoms with Crippen molar-refractivity contribution >= 4 is 5.97 Å². The van der Waals surface area contributed by atoms with Crippen molar-refractivity contribution in [3.05, 3.63) is 29.8 Å². The van der Waals surface area contributed by atoms with E-state index in [9.17, 15) is 9.90 Å². The lowest BCUT2D eigenvalue weighted by atomic mass is 9.94. The quantitative estimate of drug-likeness (QED) is 0.356. The molecule has 1 rings (SSSR count). The maximum absolute atomic E-state index is 12.5. The van der Waals surface area contributed by atoms with Gasteiger partial charge < -0.3 is 9.84 Å². The van der Waals surface area contributed by atoms with Gasteiger partial charge >= 0.3 is 5.97 Å². The molecule has 136 valence electrons. The Morgan fingerprint density at radius 1 is 0.958 bits per heavy atom. The molecule has 0 saturated carbocycles. The Balaban J connectivity index is 2.46. The van der Waals surface area contributed by atoms with Crippen LogP contribution in [0.3, 0.4) is 0 Å². The lowest BCUT2D eigenvalue weighted by Crippen LogP contribution is -2.18. The number of hydrogen-bond donors (Lipinski definition) is 1. The van der Waals surface area contributed by atoms with Crippen LogP contribution in [-0.4, -0.2) is 11.1 Å². The topological polar surface area (TPSA) is 46.5 Å². The second-order valence-corrected chi connectivity index (χ2v) is 6.63. The summed E-state index contributed by atoms with van der Waals surface area (Å²) in [5.41, 5.74) is 0.668. The largest absolute Gasteiger partial charge is 0.508 e. The summed E-state index contributed by atoms with van der Waals surface area (Å²) in [6, 6.07) is 7.02. The van der Waals surface area contributed by atoms with Crippen molar-refractivity contribution in [1.29, 1.82) is 0 Å². The molecule has 0 bridgehead atoms. The summed E-state index contributed by atoms with van der Waals surface area (Å²) in [6.07, 6.45) is 11.3. The minimum atomic E-state index is -0.105. The molecule has 0 aliphatic carbocycles. The molecular weight excluding hydrogens is 300 g/mol. The Morgan fingerprint density at radius 2 is 1.54 bits per heavy atom. The minimum absolute atomic E-state index is 0.00423. The van der Waals surface area contributed by atoms with Gasteiger partial charge in [-0.2, -0.15) is 0 Å². The first-order valence-corrected chi connectivity index (χ1v) is 9.62. The molecule has 0 heterocycles. The molecule has 1 aromatic carbocycles. The van der Waals surface area contributed by atoms with Gasteiger partial charge in [0.25, 0.3) is 0 Å². The molecule has 0 fully saturated rings. The first kappa shape index (κ1) is 20.5. The molecular formula is C21H34O3. The lowest BCUT2D eigenvalue weighted by Gasteiger charge is -2.16. The summed E-state index contributed by atoms with van der Waals surface area (Å²) in [5.74, 6) is 0.0866. The molecule has 0 spiro atoms. The number of esters is 1. The zero-order chi connectivity index (χ0) is 17.6. The number of unbranched alkanes of at least 4 members (excludes halogenated alkanes) is 6. The third kappa shape index (κ3) is 8.37. The van der Waals surface area contributed by atoms with E-state index >= 15 is 0 Å². The van der Waals surface area contributed by atoms with Crippen molar-refractivity contribution in [1.82, 2.24) is 0 Å². The number of carbonyl (C=O) groups is 1. The molecule has 0 atom stereocenters. The summed E-state index contributed by atoms with van der Waals surface area (Å²) in [5, 5.41) is 9.77. The molecule has 0 radical (unpaired) electrons. The van der Waals surface area contributed by atoms with Gasteiger partial charge in [0.1, 0.15) is 12.4 Å². The Kier molecular flexibility index (Phi) is 11.0. The normalized spacial score (nSPS) is 11.0. The third-order valence-corrected chi connectivity index (χ3v) is 4.51. The zero-order valence-electron chi connectivity index (χ0n) is 15.4. The molecule has 1 aromatic rings. The molecule has 3 nitrogen and oxygen atoms in total. The standard InChI is InChI=1S/C21H34O3/c1-3-5-7-9-13-18(14-10-8-6-4-2)21(23)24-17-19-15-11-12-16-20(19)22/h11-12,15-16,18,22H,3-10,13-14,17H2,1-2H3. The number of aromatic hydroxyl groups is 1. The van der Waals surface area contributed by atoms with Crippen molar-refractivity contribution < 1.29 is 14.6 Å². The third-order valence-electron chi connectivity index (χ3n) is 4.51. The molecule has 0 unspecified atom stereocenters. The fraction of sp³-hybridized carbons (Fsp3) is 0.667. The van der Waals surface area contributed by atoms with Crippen molar-refractivity contribution in [2.24, 2.45) is 5.92 Å². The average Bonchev–Trinajstić information content (AvgIpc) is 2.59. The van der Waals surface area contributed by atoms with Crippen LogP contribution in [0.4, 0.5) is 0 Å². The number of ether oxygens (including phenoxy) is 1. The Bertz CT molecular complexity index is 444. The maximum Gasteiger partial charge on any atom is 0.309 e. The van der Waals surface area contributed by atoms with Gasteiger partial charge in [-0.05, 0) is 18.9 Å². The summed E-state index contributed by atoms with van der Waals surface area (Å²) in [7, 11) is 0. The molecule has 0 aliphatic heterocycles. The number of phenols is 1. The second kappa shape index (κ2) is 12.9. The van der Waals surface area contributed by atoms with Crippen molar-refractivity contribution in [2.45, 2.75) is 84.7 Å². The van der Waals surface area contributed by atoms with Crippen LogP contribution in [0.5, 0.6) is 5.75 Å². The van der Waals surface area contributed by atoms with Crippen LogP contribution in [0.25, 0.3) is 0 Å². The number of para-hydroxylation sites is 1. The summed E-state index contributed by atoms with van der Waals surface area (Å²) in [4.78, 5) is 12.5. The van der Waals surface area contributed by atoms with E-state index in [1.165, 1.54) is 38.5 Å². The predicted octanol–water partition coefficient (Wildman–Crippen LogP) is 5.99. The van der Waals surface area contributed by atoms with Gasteiger partial charge in [-0.15, -0.1) is 0 Å². The van der Waals surface area contributed by atoms with E-state index in [0.29, 0.717) is 5.56 Å². The van der Waals surface area contributed by atoms with Gasteiger partial charge in [-0.3, -0.25) is 4.79 Å². The number of rotatable bonds is 13. The van der Waals surface area contributed by atoms with Gasteiger partial charge in [-0.1, -0.05) is 83.4 Å². The van der Waals surface area contributed by atoms with E-state index in [4.69, 9.17) is 4.74 Å². The van der Waals surface area contributed by atoms with E-state index < -0.39 is 0 Å². The first-order valence-electron chi connectivity index (χ1n) is 9.62. The number of phenolic OH excluding ortho intramolecular Hbond substituents is 1. The van der Waals surface area contributed by atoms with E-state index in [0.717, 1.165) is 25.7 Å². The monoisotopic (exact) mass is 334 g/mol. The maximum atomic E-state index is 12.5. The van der Waals surface area contributed by atoms with Crippen molar-refractivity contribution in [3.63, 3.8) is 0 Å². The Labute approximate surface area is 147 Å². The van der Waals surface area contributed by atoms with E-state index in [2.05, 4.69) is 13.8 Å². The Hall–Kier alpha value is -1.51. The summed E-state index contributed by atoms with van der Waals surface area (Å²) >= 11 is 0. The molecule has 0 saturated heterocycles. The molecule has 0 aromatic heterocycles. The Morgan fingerprint density at radius 3 is 2.08 bits per heavy atom. The smallest absolute Gasteiger partial charge is 0.309 e. The number of hydrogen-bond acceptors (Lipinski definition) is 3. The molecule has 0 aliphatic rings. The van der Waals surface area contributed by atoms with Crippen LogP contribution in [-0.2, 0) is 16.1 Å². The average molecular weight is 334 g/mol. The summed E-state index contributed by atoms with van der Waals surface area (Å²) in [6.45, 7) is 4.55. The second-order valence-electron chi connectivity index (χ2n) is 6.63. The number of benzene rings is 1. The van der Waals surface area contributed by atoms with Gasteiger partial charge in [0.2, 0.25) is 0 Å². The minimum Gasteiger partial charge on any atom is -0.508 e. The molecule has 0 amide bonds. The van der Waals surface area contributed by atoms with E-state index in [1.807, 2.05) is 6.07 Å². The van der Waals surface area contributed by atoms with Gasteiger partial charge in [-0.25, -0.2) is 0 Å². The fourth-order valence-corrected chi connectivity index (χ4v) is 2.91. The molecule has 24 heavy (non-hydrogen) atoms. The van der Waals surface area contributed by atoms with Crippen LogP contribution in [0.1, 0.15) is 83.6 Å². The van der Waals surface area contributed by atoms with Crippen LogP contribution in [0.15, 0.2) is 24.3 Å². The lowest BCUT2D eigenvalue weighted by molar-refractivity contribution is -0.150. The van der Waals surface area contributed by atoms with Crippen LogP contribution >= 0.6 is 0 Å². The van der Waals surface area contributed by atoms with Crippen LogP contribution in [0, 0.1) is 5.92 Å². The summed E-state index contributed by atoms with van der Waals surface area (Å²) < 4.78 is 5.49. The van der Waals surface area contributed by atoms with Crippen molar-refractivity contribution in [2.75, 3.05) is 0 Å². The first-order chi connectivity index (χ1) is 11.7. The predicted molar refractivity (Wildman–Crippen MR) is 98.9 cm³/mol. The van der Waals surface area contributed by atoms with Gasteiger partial charge in [0, 0.05) is 5.56 Å². The highest BCUT2D eigenvalue weighted by Crippen LogP contribution is 2.22.